The summed E-state index contributed by atoms with van der Waals surface area (Å²) in [6, 6.07) is 0.573. The number of piperidine rings is 2. The molecule has 1 amide bonds. The molecule has 23 heavy (non-hydrogen) atoms. The number of hydrogen-bond donors (Lipinski definition) is 1. The molecule has 2 fully saturated rings. The van der Waals surface area contributed by atoms with Crippen LogP contribution in [0.3, 0.4) is 0 Å². The number of nitrogens with one attached hydrogen (secondary N) is 1. The summed E-state index contributed by atoms with van der Waals surface area (Å²) in [6.07, 6.45) is 4.63. The molecule has 0 radical (unpaired) electrons. The summed E-state index contributed by atoms with van der Waals surface area (Å²) in [5.74, 6) is 0.734. The minimum atomic E-state index is -0.427. The Kier molecular flexibility index (Phi) is 6.32. The Morgan fingerprint density at radius 2 is 1.91 bits per heavy atom. The highest BCUT2D eigenvalue weighted by atomic mass is 16.6. The van der Waals surface area contributed by atoms with Crippen LogP contribution < -0.4 is 5.32 Å². The molecule has 0 bridgehead atoms. The predicted octanol–water partition coefficient (Wildman–Crippen LogP) is 2.71. The molecule has 2 aliphatic rings. The number of carbonyl (C=O) groups excluding carboxylic acids is 1. The number of hydrogen-bond acceptors (Lipinski definition) is 4. The lowest BCUT2D eigenvalue weighted by Gasteiger charge is -2.41. The number of carbonyl (C=O) groups is 1. The van der Waals surface area contributed by atoms with Crippen molar-refractivity contribution in [1.29, 1.82) is 0 Å². The Morgan fingerprint density at radius 1 is 1.22 bits per heavy atom. The number of amides is 1. The third-order valence-corrected chi connectivity index (χ3v) is 5.01. The highest BCUT2D eigenvalue weighted by Gasteiger charge is 2.33. The maximum absolute atomic E-state index is 12.4. The smallest absolute Gasteiger partial charge is 0.410 e. The van der Waals surface area contributed by atoms with Crippen LogP contribution in [0.5, 0.6) is 0 Å². The van der Waals surface area contributed by atoms with E-state index in [-0.39, 0.29) is 12.1 Å². The van der Waals surface area contributed by atoms with Crippen molar-refractivity contribution in [2.75, 3.05) is 33.2 Å². The van der Waals surface area contributed by atoms with E-state index in [9.17, 15) is 4.79 Å². The molecule has 0 aromatic carbocycles. The topological polar surface area (TPSA) is 44.8 Å². The molecule has 0 aromatic heterocycles. The Balaban J connectivity index is 1.84. The van der Waals surface area contributed by atoms with Crippen LogP contribution in [0.4, 0.5) is 4.79 Å². The fraction of sp³-hybridized carbons (Fsp3) is 0.944. The SMILES string of the molecule is CC1C(NCC2CCCN(C)C2)CCCN1C(=O)OC(C)(C)C. The van der Waals surface area contributed by atoms with Crippen molar-refractivity contribution >= 4 is 6.09 Å². The summed E-state index contributed by atoms with van der Waals surface area (Å²) in [6.45, 7) is 12.2. The van der Waals surface area contributed by atoms with Crippen LogP contribution in [0.25, 0.3) is 0 Å². The Morgan fingerprint density at radius 3 is 2.57 bits per heavy atom. The minimum absolute atomic E-state index is 0.172. The second-order valence-electron chi connectivity index (χ2n) is 8.34. The Bertz CT molecular complexity index is 394. The third-order valence-electron chi connectivity index (χ3n) is 5.01. The zero-order chi connectivity index (χ0) is 17.0. The summed E-state index contributed by atoms with van der Waals surface area (Å²) in [4.78, 5) is 16.7. The van der Waals surface area contributed by atoms with Crippen LogP contribution in [-0.2, 0) is 4.74 Å². The molecule has 134 valence electrons. The monoisotopic (exact) mass is 325 g/mol. The number of likely N-dealkylation sites (tertiary alicyclic amines) is 2. The van der Waals surface area contributed by atoms with Gasteiger partial charge >= 0.3 is 6.09 Å². The van der Waals surface area contributed by atoms with Gasteiger partial charge in [-0.1, -0.05) is 0 Å². The average molecular weight is 325 g/mol. The molecule has 3 unspecified atom stereocenters. The number of ether oxygens (including phenoxy) is 1. The van der Waals surface area contributed by atoms with Crippen LogP contribution in [0.2, 0.25) is 0 Å². The first-order valence-electron chi connectivity index (χ1n) is 9.18. The van der Waals surface area contributed by atoms with E-state index in [0.29, 0.717) is 6.04 Å². The standard InChI is InChI=1S/C18H35N3O2/c1-14-16(19-12-15-8-6-10-20(5)13-15)9-7-11-21(14)17(22)23-18(2,3)4/h14-16,19H,6-13H2,1-5H3. The summed E-state index contributed by atoms with van der Waals surface area (Å²) in [7, 11) is 2.21. The van der Waals surface area contributed by atoms with Crippen LogP contribution in [0, 0.1) is 5.92 Å². The van der Waals surface area contributed by atoms with E-state index in [2.05, 4.69) is 24.2 Å². The summed E-state index contributed by atoms with van der Waals surface area (Å²) < 4.78 is 5.56. The Labute approximate surface area is 141 Å². The molecule has 3 atom stereocenters. The van der Waals surface area contributed by atoms with Crippen LogP contribution in [0.1, 0.15) is 53.4 Å². The van der Waals surface area contributed by atoms with Crippen molar-refractivity contribution in [1.82, 2.24) is 15.1 Å². The summed E-state index contributed by atoms with van der Waals surface area (Å²) >= 11 is 0. The van der Waals surface area contributed by atoms with Crippen LogP contribution in [-0.4, -0.2) is 66.8 Å². The Hall–Kier alpha value is -0.810. The van der Waals surface area contributed by atoms with E-state index in [0.717, 1.165) is 31.8 Å². The van der Waals surface area contributed by atoms with Gasteiger partial charge in [-0.25, -0.2) is 4.79 Å². The van der Waals surface area contributed by atoms with Gasteiger partial charge in [-0.15, -0.1) is 0 Å². The number of nitrogens with zero attached hydrogens (tertiary/aromatic N) is 2. The number of rotatable bonds is 3. The van der Waals surface area contributed by atoms with Crippen molar-refractivity contribution in [3.63, 3.8) is 0 Å². The van der Waals surface area contributed by atoms with Crippen LogP contribution in [0.15, 0.2) is 0 Å². The van der Waals surface area contributed by atoms with E-state index in [1.54, 1.807) is 0 Å². The molecule has 2 heterocycles. The maximum atomic E-state index is 12.4. The van der Waals surface area contributed by atoms with E-state index in [4.69, 9.17) is 4.74 Å². The minimum Gasteiger partial charge on any atom is -0.444 e. The van der Waals surface area contributed by atoms with Crippen molar-refractivity contribution in [2.45, 2.75) is 71.1 Å². The van der Waals surface area contributed by atoms with Gasteiger partial charge < -0.3 is 19.9 Å². The zero-order valence-electron chi connectivity index (χ0n) is 15.6. The molecule has 5 heteroatoms. The van der Waals surface area contributed by atoms with Crippen molar-refractivity contribution in [2.24, 2.45) is 5.92 Å². The second-order valence-corrected chi connectivity index (χ2v) is 8.34. The van der Waals surface area contributed by atoms with Crippen molar-refractivity contribution < 1.29 is 9.53 Å². The molecule has 1 N–H and O–H groups in total. The van der Waals surface area contributed by atoms with Crippen LogP contribution >= 0.6 is 0 Å². The van der Waals surface area contributed by atoms with Gasteiger partial charge in [-0.3, -0.25) is 0 Å². The lowest BCUT2D eigenvalue weighted by atomic mass is 9.94. The van der Waals surface area contributed by atoms with E-state index < -0.39 is 5.60 Å². The molecule has 2 aliphatic heterocycles. The molecule has 0 saturated carbocycles. The second kappa shape index (κ2) is 7.84. The van der Waals surface area contributed by atoms with Gasteiger partial charge in [0.1, 0.15) is 5.60 Å². The highest BCUT2D eigenvalue weighted by Crippen LogP contribution is 2.22. The molecule has 0 aliphatic carbocycles. The first-order chi connectivity index (χ1) is 10.8. The quantitative estimate of drug-likeness (QED) is 0.866. The van der Waals surface area contributed by atoms with E-state index in [1.165, 1.54) is 25.9 Å². The normalized spacial score (nSPS) is 30.3. The molecule has 2 saturated heterocycles. The van der Waals surface area contributed by atoms with Gasteiger partial charge in [0.15, 0.2) is 0 Å². The summed E-state index contributed by atoms with van der Waals surface area (Å²) in [5.41, 5.74) is -0.427. The maximum Gasteiger partial charge on any atom is 0.410 e. The van der Waals surface area contributed by atoms with Crippen molar-refractivity contribution in [3.8, 4) is 0 Å². The van der Waals surface area contributed by atoms with Gasteiger partial charge in [0.25, 0.3) is 0 Å². The average Bonchev–Trinajstić information content (AvgIpc) is 2.44. The summed E-state index contributed by atoms with van der Waals surface area (Å²) in [5, 5.41) is 3.73. The first-order valence-corrected chi connectivity index (χ1v) is 9.18. The van der Waals surface area contributed by atoms with E-state index in [1.807, 2.05) is 25.7 Å². The van der Waals surface area contributed by atoms with E-state index >= 15 is 0 Å². The van der Waals surface area contributed by atoms with Gasteiger partial charge in [0.2, 0.25) is 0 Å². The largest absolute Gasteiger partial charge is 0.444 e. The molecule has 0 spiro atoms. The highest BCUT2D eigenvalue weighted by molar-refractivity contribution is 5.68. The lowest BCUT2D eigenvalue weighted by molar-refractivity contribution is 0.00668. The predicted molar refractivity (Wildman–Crippen MR) is 93.6 cm³/mol. The first kappa shape index (κ1) is 18.5. The van der Waals surface area contributed by atoms with Gasteiger partial charge in [-0.05, 0) is 79.4 Å². The molecular weight excluding hydrogens is 290 g/mol. The molecule has 5 nitrogen and oxygen atoms in total. The van der Waals surface area contributed by atoms with Crippen molar-refractivity contribution in [3.05, 3.63) is 0 Å². The zero-order valence-corrected chi connectivity index (χ0v) is 15.6. The van der Waals surface area contributed by atoms with Gasteiger partial charge in [0.05, 0.1) is 0 Å². The molecule has 2 rings (SSSR count). The fourth-order valence-corrected chi connectivity index (χ4v) is 3.75. The lowest BCUT2D eigenvalue weighted by Crippen LogP contribution is -2.56. The van der Waals surface area contributed by atoms with Gasteiger partial charge in [-0.2, -0.15) is 0 Å². The third kappa shape index (κ3) is 5.64. The van der Waals surface area contributed by atoms with Gasteiger partial charge in [0, 0.05) is 25.2 Å². The molecule has 0 aromatic rings. The fourth-order valence-electron chi connectivity index (χ4n) is 3.75. The molecular formula is C18H35N3O2.